The minimum Gasteiger partial charge on any atom is -0.0768 e. The van der Waals surface area contributed by atoms with Crippen LogP contribution in [-0.2, 0) is 0 Å². The van der Waals surface area contributed by atoms with Crippen molar-refractivity contribution < 1.29 is 0 Å². The van der Waals surface area contributed by atoms with Crippen molar-refractivity contribution in [1.82, 2.24) is 0 Å². The molecule has 0 fully saturated rings. The molecule has 0 aromatic carbocycles. The molecule has 0 aromatic rings. The Kier molecular flexibility index (Phi) is 3.58. The first-order chi connectivity index (χ1) is 6.45. The Labute approximate surface area is 89.1 Å². The van der Waals surface area contributed by atoms with Gasteiger partial charge in [-0.25, -0.2) is 0 Å². The average molecular weight is 192 g/mol. The lowest BCUT2D eigenvalue weighted by Gasteiger charge is -2.23. The molecular formula is C14H24. The van der Waals surface area contributed by atoms with E-state index in [1.807, 2.05) is 0 Å². The fraction of sp³-hybridized carbons (Fsp3) is 0.714. The lowest BCUT2D eigenvalue weighted by molar-refractivity contribution is 0.485. The molecule has 0 amide bonds. The van der Waals surface area contributed by atoms with E-state index in [0.29, 0.717) is 17.8 Å². The van der Waals surface area contributed by atoms with Crippen LogP contribution in [0.15, 0.2) is 23.3 Å². The summed E-state index contributed by atoms with van der Waals surface area (Å²) in [4.78, 5) is 0. The van der Waals surface area contributed by atoms with Crippen molar-refractivity contribution in [1.29, 1.82) is 0 Å². The summed E-state index contributed by atoms with van der Waals surface area (Å²) in [6, 6.07) is 0. The van der Waals surface area contributed by atoms with Gasteiger partial charge in [-0.1, -0.05) is 59.3 Å². The highest BCUT2D eigenvalue weighted by Crippen LogP contribution is 2.38. The zero-order chi connectivity index (χ0) is 10.9. The molecule has 1 atom stereocenters. The summed E-state index contributed by atoms with van der Waals surface area (Å²) < 4.78 is 0. The van der Waals surface area contributed by atoms with Crippen molar-refractivity contribution in [3.8, 4) is 0 Å². The Morgan fingerprint density at radius 1 is 0.929 bits per heavy atom. The van der Waals surface area contributed by atoms with Gasteiger partial charge in [0, 0.05) is 5.92 Å². The molecule has 0 heterocycles. The SMILES string of the molecule is CC(C)C1=C(C(C)C)C(C(C)C)C=C1. The Bertz CT molecular complexity index is 251. The zero-order valence-electron chi connectivity index (χ0n) is 10.5. The monoisotopic (exact) mass is 192 g/mol. The summed E-state index contributed by atoms with van der Waals surface area (Å²) in [6.07, 6.45) is 4.75. The molecule has 0 aromatic heterocycles. The number of hydrogen-bond acceptors (Lipinski definition) is 0. The van der Waals surface area contributed by atoms with Crippen LogP contribution in [0, 0.1) is 23.7 Å². The van der Waals surface area contributed by atoms with Gasteiger partial charge in [0.05, 0.1) is 0 Å². The van der Waals surface area contributed by atoms with Crippen LogP contribution in [0.25, 0.3) is 0 Å². The molecule has 0 N–H and O–H groups in total. The Hall–Kier alpha value is -0.520. The highest BCUT2D eigenvalue weighted by Gasteiger charge is 2.26. The van der Waals surface area contributed by atoms with Crippen molar-refractivity contribution >= 4 is 0 Å². The maximum Gasteiger partial charge on any atom is 0.00115 e. The van der Waals surface area contributed by atoms with Gasteiger partial charge >= 0.3 is 0 Å². The van der Waals surface area contributed by atoms with Gasteiger partial charge in [0.2, 0.25) is 0 Å². The maximum absolute atomic E-state index is 2.40. The smallest absolute Gasteiger partial charge is 0.00115 e. The van der Waals surface area contributed by atoms with Gasteiger partial charge in [-0.2, -0.15) is 0 Å². The highest BCUT2D eigenvalue weighted by molar-refractivity contribution is 5.39. The van der Waals surface area contributed by atoms with Crippen LogP contribution in [0.4, 0.5) is 0 Å². The van der Waals surface area contributed by atoms with Gasteiger partial charge in [-0.3, -0.25) is 0 Å². The molecule has 0 radical (unpaired) electrons. The molecule has 14 heavy (non-hydrogen) atoms. The highest BCUT2D eigenvalue weighted by atomic mass is 14.3. The van der Waals surface area contributed by atoms with Crippen molar-refractivity contribution in [2.75, 3.05) is 0 Å². The molecule has 80 valence electrons. The second-order valence-electron chi connectivity index (χ2n) is 5.35. The van der Waals surface area contributed by atoms with Crippen LogP contribution < -0.4 is 0 Å². The largest absolute Gasteiger partial charge is 0.0768 e. The Morgan fingerprint density at radius 2 is 1.50 bits per heavy atom. The molecule has 0 heteroatoms. The molecule has 1 aliphatic carbocycles. The molecule has 0 saturated heterocycles. The first kappa shape index (κ1) is 11.6. The van der Waals surface area contributed by atoms with Gasteiger partial charge in [0.1, 0.15) is 0 Å². The third-order valence-electron chi connectivity index (χ3n) is 3.14. The minimum absolute atomic E-state index is 0.674. The molecule has 0 saturated carbocycles. The Morgan fingerprint density at radius 3 is 1.86 bits per heavy atom. The van der Waals surface area contributed by atoms with Crippen molar-refractivity contribution in [3.05, 3.63) is 23.3 Å². The lowest BCUT2D eigenvalue weighted by Crippen LogP contribution is -2.13. The quantitative estimate of drug-likeness (QED) is 0.620. The van der Waals surface area contributed by atoms with E-state index < -0.39 is 0 Å². The van der Waals surface area contributed by atoms with Gasteiger partial charge in [-0.15, -0.1) is 0 Å². The van der Waals surface area contributed by atoms with E-state index in [1.165, 1.54) is 0 Å². The van der Waals surface area contributed by atoms with Gasteiger partial charge in [0.15, 0.2) is 0 Å². The standard InChI is InChI=1S/C14H24/c1-9(2)12-7-8-13(10(3)4)14(12)11(5)6/h7-12H,1-6H3. The lowest BCUT2D eigenvalue weighted by atomic mass is 9.82. The van der Waals surface area contributed by atoms with Crippen LogP contribution in [-0.4, -0.2) is 0 Å². The molecule has 1 unspecified atom stereocenters. The van der Waals surface area contributed by atoms with E-state index >= 15 is 0 Å². The molecule has 0 bridgehead atoms. The van der Waals surface area contributed by atoms with Crippen LogP contribution >= 0.6 is 0 Å². The van der Waals surface area contributed by atoms with Gasteiger partial charge < -0.3 is 0 Å². The second-order valence-corrected chi connectivity index (χ2v) is 5.35. The van der Waals surface area contributed by atoms with E-state index in [4.69, 9.17) is 0 Å². The summed E-state index contributed by atoms with van der Waals surface area (Å²) >= 11 is 0. The summed E-state index contributed by atoms with van der Waals surface area (Å²) in [5.41, 5.74) is 3.26. The Balaban J connectivity index is 3.02. The number of hydrogen-bond donors (Lipinski definition) is 0. The van der Waals surface area contributed by atoms with Crippen LogP contribution in [0.5, 0.6) is 0 Å². The predicted molar refractivity (Wildman–Crippen MR) is 64.2 cm³/mol. The molecule has 1 rings (SSSR count). The molecule has 0 spiro atoms. The minimum atomic E-state index is 0.674. The second kappa shape index (κ2) is 4.33. The molecule has 0 aliphatic heterocycles. The van der Waals surface area contributed by atoms with Crippen LogP contribution in [0.1, 0.15) is 41.5 Å². The summed E-state index contributed by atoms with van der Waals surface area (Å²) in [5, 5.41) is 0. The van der Waals surface area contributed by atoms with E-state index in [0.717, 1.165) is 5.92 Å². The van der Waals surface area contributed by atoms with E-state index in [-0.39, 0.29) is 0 Å². The van der Waals surface area contributed by atoms with Gasteiger partial charge in [0.25, 0.3) is 0 Å². The number of allylic oxidation sites excluding steroid dienone is 4. The normalized spacial score (nSPS) is 22.2. The number of rotatable bonds is 3. The average Bonchev–Trinajstić information content (AvgIpc) is 2.46. The van der Waals surface area contributed by atoms with E-state index in [1.54, 1.807) is 11.1 Å². The van der Waals surface area contributed by atoms with E-state index in [9.17, 15) is 0 Å². The molecule has 1 aliphatic rings. The van der Waals surface area contributed by atoms with Crippen LogP contribution in [0.2, 0.25) is 0 Å². The van der Waals surface area contributed by atoms with E-state index in [2.05, 4.69) is 53.7 Å². The first-order valence-corrected chi connectivity index (χ1v) is 5.87. The first-order valence-electron chi connectivity index (χ1n) is 5.87. The van der Waals surface area contributed by atoms with Crippen molar-refractivity contribution in [2.24, 2.45) is 23.7 Å². The van der Waals surface area contributed by atoms with Gasteiger partial charge in [-0.05, 0) is 23.3 Å². The fourth-order valence-electron chi connectivity index (χ4n) is 2.43. The third kappa shape index (κ3) is 2.10. The molecule has 0 nitrogen and oxygen atoms in total. The van der Waals surface area contributed by atoms with Crippen LogP contribution in [0.3, 0.4) is 0 Å². The zero-order valence-corrected chi connectivity index (χ0v) is 10.5. The topological polar surface area (TPSA) is 0 Å². The summed E-state index contributed by atoms with van der Waals surface area (Å²) in [5.74, 6) is 2.79. The fourth-order valence-corrected chi connectivity index (χ4v) is 2.43. The predicted octanol–water partition coefficient (Wildman–Crippen LogP) is 4.44. The molecular weight excluding hydrogens is 168 g/mol. The van der Waals surface area contributed by atoms with Crippen molar-refractivity contribution in [2.45, 2.75) is 41.5 Å². The summed E-state index contributed by atoms with van der Waals surface area (Å²) in [7, 11) is 0. The summed E-state index contributed by atoms with van der Waals surface area (Å²) in [6.45, 7) is 13.9. The third-order valence-corrected chi connectivity index (χ3v) is 3.14. The maximum atomic E-state index is 2.40. The van der Waals surface area contributed by atoms with Crippen molar-refractivity contribution in [3.63, 3.8) is 0 Å².